The number of carbonyl (C=O) groups is 2. The third-order valence-electron chi connectivity index (χ3n) is 4.92. The lowest BCUT2D eigenvalue weighted by Crippen LogP contribution is -2.42. The Labute approximate surface area is 170 Å². The summed E-state index contributed by atoms with van der Waals surface area (Å²) in [5.74, 6) is -1.12. The Bertz CT molecular complexity index is 814. The molecule has 1 saturated heterocycles. The Morgan fingerprint density at radius 1 is 1.07 bits per heavy atom. The minimum atomic E-state index is -4.45. The van der Waals surface area contributed by atoms with E-state index in [0.29, 0.717) is 19.0 Å². The highest BCUT2D eigenvalue weighted by Crippen LogP contribution is 2.31. The summed E-state index contributed by atoms with van der Waals surface area (Å²) >= 11 is 1.78. The summed E-state index contributed by atoms with van der Waals surface area (Å²) in [5, 5.41) is 6.94. The Morgan fingerprint density at radius 2 is 1.76 bits per heavy atom. The fraction of sp³-hybridized carbons (Fsp3) is 0.400. The molecule has 0 saturated carbocycles. The molecule has 2 amide bonds. The molecule has 1 fully saturated rings. The zero-order valence-electron chi connectivity index (χ0n) is 15.7. The predicted molar refractivity (Wildman–Crippen MR) is 106 cm³/mol. The van der Waals surface area contributed by atoms with E-state index in [2.05, 4.69) is 33.0 Å². The van der Waals surface area contributed by atoms with Crippen LogP contribution in [-0.4, -0.2) is 42.9 Å². The summed E-state index contributed by atoms with van der Waals surface area (Å²) in [6, 6.07) is 8.18. The lowest BCUT2D eigenvalue weighted by atomic mass is 9.95. The van der Waals surface area contributed by atoms with Crippen LogP contribution in [0.1, 0.15) is 29.2 Å². The summed E-state index contributed by atoms with van der Waals surface area (Å²) in [6.07, 6.45) is -2.30. The van der Waals surface area contributed by atoms with Crippen LogP contribution in [0.4, 0.5) is 18.9 Å². The number of hydrogen-bond acceptors (Lipinski definition) is 4. The number of hydrogen-bond donors (Lipinski definition) is 2. The highest BCUT2D eigenvalue weighted by molar-refractivity contribution is 7.10. The van der Waals surface area contributed by atoms with Gasteiger partial charge in [0.15, 0.2) is 0 Å². The van der Waals surface area contributed by atoms with E-state index in [1.54, 1.807) is 11.3 Å². The molecule has 9 heteroatoms. The van der Waals surface area contributed by atoms with Gasteiger partial charge in [0, 0.05) is 23.7 Å². The first-order valence-corrected chi connectivity index (χ1v) is 10.2. The van der Waals surface area contributed by atoms with Gasteiger partial charge in [-0.2, -0.15) is 13.2 Å². The summed E-state index contributed by atoms with van der Waals surface area (Å²) in [6.45, 7) is 2.87. The smallest absolute Gasteiger partial charge is 0.347 e. The fourth-order valence-corrected chi connectivity index (χ4v) is 4.20. The van der Waals surface area contributed by atoms with E-state index >= 15 is 0 Å². The number of benzene rings is 1. The summed E-state index contributed by atoms with van der Waals surface area (Å²) < 4.78 is 37.6. The quantitative estimate of drug-likeness (QED) is 0.718. The van der Waals surface area contributed by atoms with Crippen molar-refractivity contribution in [3.05, 3.63) is 52.2 Å². The molecule has 0 spiro atoms. The largest absolute Gasteiger partial charge is 0.416 e. The van der Waals surface area contributed by atoms with Crippen molar-refractivity contribution in [1.29, 1.82) is 0 Å². The number of nitrogens with zero attached hydrogens (tertiary/aromatic N) is 1. The Hall–Kier alpha value is -2.39. The van der Waals surface area contributed by atoms with E-state index in [4.69, 9.17) is 0 Å². The normalized spacial score (nSPS) is 15.8. The molecule has 1 aliphatic heterocycles. The number of carbonyl (C=O) groups excluding carboxylic acids is 2. The molecule has 5 nitrogen and oxygen atoms in total. The number of rotatable bonds is 5. The van der Waals surface area contributed by atoms with Crippen LogP contribution >= 0.6 is 11.3 Å². The van der Waals surface area contributed by atoms with Crippen LogP contribution in [-0.2, 0) is 15.8 Å². The lowest BCUT2D eigenvalue weighted by molar-refractivity contribution is -0.137. The number of likely N-dealkylation sites (tertiary alicyclic amines) is 1. The number of piperidine rings is 1. The third kappa shape index (κ3) is 6.04. The average Bonchev–Trinajstić information content (AvgIpc) is 3.23. The minimum Gasteiger partial charge on any atom is -0.347 e. The van der Waals surface area contributed by atoms with Gasteiger partial charge in [0.05, 0.1) is 5.56 Å². The van der Waals surface area contributed by atoms with E-state index in [9.17, 15) is 22.8 Å². The van der Waals surface area contributed by atoms with Crippen molar-refractivity contribution >= 4 is 28.8 Å². The first-order valence-electron chi connectivity index (χ1n) is 9.35. The first-order chi connectivity index (χ1) is 13.8. The number of anilines is 1. The van der Waals surface area contributed by atoms with Gasteiger partial charge in [0.1, 0.15) is 0 Å². The van der Waals surface area contributed by atoms with Crippen LogP contribution in [0.2, 0.25) is 0 Å². The molecule has 1 aromatic heterocycles. The van der Waals surface area contributed by atoms with Crippen molar-refractivity contribution < 1.29 is 22.8 Å². The first kappa shape index (κ1) is 21.3. The Kier molecular flexibility index (Phi) is 6.92. The van der Waals surface area contributed by atoms with Crippen molar-refractivity contribution in [1.82, 2.24) is 10.2 Å². The van der Waals surface area contributed by atoms with Gasteiger partial charge in [-0.05, 0) is 67.6 Å². The van der Waals surface area contributed by atoms with Gasteiger partial charge in [0.25, 0.3) is 0 Å². The highest BCUT2D eigenvalue weighted by Gasteiger charge is 2.30. The second-order valence-electron chi connectivity index (χ2n) is 6.92. The molecular formula is C20H22F3N3O2S. The van der Waals surface area contributed by atoms with E-state index in [0.717, 1.165) is 50.2 Å². The number of thiophene rings is 1. The lowest BCUT2D eigenvalue weighted by Gasteiger charge is -2.31. The van der Waals surface area contributed by atoms with Crippen LogP contribution in [0, 0.1) is 0 Å². The van der Waals surface area contributed by atoms with Crippen LogP contribution in [0.5, 0.6) is 0 Å². The fourth-order valence-electron chi connectivity index (χ4n) is 3.30. The van der Waals surface area contributed by atoms with E-state index in [1.807, 2.05) is 0 Å². The van der Waals surface area contributed by atoms with Crippen molar-refractivity contribution in [3.63, 3.8) is 0 Å². The maximum Gasteiger partial charge on any atom is 0.416 e. The maximum atomic E-state index is 12.5. The Balaban J connectivity index is 1.37. The molecule has 1 aliphatic rings. The predicted octanol–water partition coefficient (Wildman–Crippen LogP) is 3.70. The van der Waals surface area contributed by atoms with Crippen LogP contribution in [0.15, 0.2) is 41.8 Å². The minimum absolute atomic E-state index is 0.133. The molecule has 29 heavy (non-hydrogen) atoms. The molecule has 0 atom stereocenters. The van der Waals surface area contributed by atoms with Gasteiger partial charge < -0.3 is 15.5 Å². The molecule has 0 radical (unpaired) electrons. The molecule has 3 rings (SSSR count). The second-order valence-corrected chi connectivity index (χ2v) is 7.90. The summed E-state index contributed by atoms with van der Waals surface area (Å²) in [4.78, 5) is 27.5. The van der Waals surface area contributed by atoms with E-state index in [-0.39, 0.29) is 5.69 Å². The number of nitrogens with one attached hydrogen (secondary N) is 2. The molecule has 1 aromatic carbocycles. The molecule has 2 heterocycles. The summed E-state index contributed by atoms with van der Waals surface area (Å²) in [7, 11) is 0. The van der Waals surface area contributed by atoms with Crippen LogP contribution < -0.4 is 10.6 Å². The van der Waals surface area contributed by atoms with Crippen LogP contribution in [0.25, 0.3) is 0 Å². The number of alkyl halides is 3. The number of amides is 2. The molecular weight excluding hydrogens is 403 g/mol. The molecule has 2 aromatic rings. The molecule has 0 aliphatic carbocycles. The van der Waals surface area contributed by atoms with Gasteiger partial charge in [0.2, 0.25) is 0 Å². The van der Waals surface area contributed by atoms with Crippen LogP contribution in [0.3, 0.4) is 0 Å². The van der Waals surface area contributed by atoms with E-state index in [1.165, 1.54) is 4.88 Å². The van der Waals surface area contributed by atoms with Crippen molar-refractivity contribution in [2.75, 3.05) is 31.5 Å². The monoisotopic (exact) mass is 425 g/mol. The SMILES string of the molecule is O=C(NCCN1CCC(c2cccs2)CC1)C(=O)Nc1ccc(C(F)(F)F)cc1. The van der Waals surface area contributed by atoms with Crippen molar-refractivity contribution in [2.24, 2.45) is 0 Å². The molecule has 156 valence electrons. The van der Waals surface area contributed by atoms with Crippen molar-refractivity contribution in [2.45, 2.75) is 24.9 Å². The zero-order valence-corrected chi connectivity index (χ0v) is 16.5. The van der Waals surface area contributed by atoms with Gasteiger partial charge in [-0.25, -0.2) is 0 Å². The number of halogens is 3. The van der Waals surface area contributed by atoms with Crippen molar-refractivity contribution in [3.8, 4) is 0 Å². The topological polar surface area (TPSA) is 61.4 Å². The van der Waals surface area contributed by atoms with Gasteiger partial charge in [-0.15, -0.1) is 11.3 Å². The molecule has 0 unspecified atom stereocenters. The van der Waals surface area contributed by atoms with E-state index < -0.39 is 23.6 Å². The van der Waals surface area contributed by atoms with Gasteiger partial charge in [-0.3, -0.25) is 9.59 Å². The average molecular weight is 425 g/mol. The summed E-state index contributed by atoms with van der Waals surface area (Å²) in [5.41, 5.74) is -0.684. The maximum absolute atomic E-state index is 12.5. The molecule has 2 N–H and O–H groups in total. The standard InChI is InChI=1S/C20H22F3N3O2S/c21-20(22,23)15-3-5-16(6-4-15)25-19(28)18(27)24-9-12-26-10-7-14(8-11-26)17-2-1-13-29-17/h1-6,13-14H,7-12H2,(H,24,27)(H,25,28). The zero-order chi connectivity index (χ0) is 20.9. The highest BCUT2D eigenvalue weighted by atomic mass is 32.1. The van der Waals surface area contributed by atoms with Gasteiger partial charge in [-0.1, -0.05) is 6.07 Å². The molecule has 0 bridgehead atoms. The van der Waals surface area contributed by atoms with Gasteiger partial charge >= 0.3 is 18.0 Å². The third-order valence-corrected chi connectivity index (χ3v) is 5.96. The Morgan fingerprint density at radius 3 is 2.34 bits per heavy atom. The second kappa shape index (κ2) is 9.41.